The Balaban J connectivity index is 2.04. The smallest absolute Gasteiger partial charge is 0.174 e. The van der Waals surface area contributed by atoms with Crippen molar-refractivity contribution in [3.05, 3.63) is 51.1 Å². The molecule has 0 saturated carbocycles. The molecular formula is C19H23IN2O3. The first-order valence-corrected chi connectivity index (χ1v) is 9.15. The largest absolute Gasteiger partial charge is 0.496 e. The minimum Gasteiger partial charge on any atom is -0.496 e. The van der Waals surface area contributed by atoms with Crippen LogP contribution in [0.4, 0.5) is 0 Å². The highest BCUT2D eigenvalue weighted by Crippen LogP contribution is 2.33. The Hall–Kier alpha value is -1.96. The van der Waals surface area contributed by atoms with Crippen molar-refractivity contribution in [2.24, 2.45) is 5.10 Å². The topological polar surface area (TPSA) is 52.1 Å². The fourth-order valence-electron chi connectivity index (χ4n) is 2.26. The molecule has 134 valence electrons. The van der Waals surface area contributed by atoms with Crippen LogP contribution in [0.5, 0.6) is 17.2 Å². The van der Waals surface area contributed by atoms with E-state index >= 15 is 0 Å². The molecule has 0 aromatic heterocycles. The van der Waals surface area contributed by atoms with Crippen LogP contribution in [0.2, 0.25) is 0 Å². The van der Waals surface area contributed by atoms with Gasteiger partial charge in [-0.05, 0) is 52.8 Å². The molecule has 0 aliphatic rings. The van der Waals surface area contributed by atoms with Crippen LogP contribution in [-0.2, 0) is 6.54 Å². The third-order valence-corrected chi connectivity index (χ3v) is 4.27. The fourth-order valence-corrected chi connectivity index (χ4v) is 3.04. The summed E-state index contributed by atoms with van der Waals surface area (Å²) in [6, 6.07) is 11.8. The highest BCUT2D eigenvalue weighted by molar-refractivity contribution is 14.1. The van der Waals surface area contributed by atoms with Gasteiger partial charge in [-0.15, -0.1) is 0 Å². The Kier molecular flexibility index (Phi) is 7.84. The zero-order valence-electron chi connectivity index (χ0n) is 14.7. The number of methoxy groups -OCH3 is 2. The summed E-state index contributed by atoms with van der Waals surface area (Å²) in [5.74, 6) is 2.34. The third kappa shape index (κ3) is 5.52. The number of nitrogens with one attached hydrogen (secondary N) is 1. The molecular weight excluding hydrogens is 431 g/mol. The summed E-state index contributed by atoms with van der Waals surface area (Å²) >= 11 is 2.25. The lowest BCUT2D eigenvalue weighted by molar-refractivity contribution is 0.292. The Morgan fingerprint density at radius 3 is 2.60 bits per heavy atom. The molecule has 0 saturated heterocycles. The molecule has 5 nitrogen and oxygen atoms in total. The molecule has 2 aromatic carbocycles. The van der Waals surface area contributed by atoms with E-state index in [-0.39, 0.29) is 0 Å². The standard InChI is InChI=1S/C19H23IN2O3/c1-4-9-25-19-16(20)10-14(11-18(19)24-3)12-21-22-13-15-7-5-6-8-17(15)23-2/h5-8,10-12,22H,4,9,13H2,1-3H3/b21-12+. The predicted molar refractivity (Wildman–Crippen MR) is 109 cm³/mol. The maximum Gasteiger partial charge on any atom is 0.174 e. The molecule has 0 unspecified atom stereocenters. The summed E-state index contributed by atoms with van der Waals surface area (Å²) in [5.41, 5.74) is 5.04. The SMILES string of the molecule is CCCOc1c(I)cc(/C=N/NCc2ccccc2OC)cc1OC. The van der Waals surface area contributed by atoms with Gasteiger partial charge >= 0.3 is 0 Å². The van der Waals surface area contributed by atoms with Crippen molar-refractivity contribution in [1.82, 2.24) is 5.43 Å². The van der Waals surface area contributed by atoms with E-state index < -0.39 is 0 Å². The van der Waals surface area contributed by atoms with E-state index in [2.05, 4.69) is 40.0 Å². The third-order valence-electron chi connectivity index (χ3n) is 3.47. The number of hydrogen-bond donors (Lipinski definition) is 1. The second-order valence-electron chi connectivity index (χ2n) is 5.29. The number of rotatable bonds is 9. The van der Waals surface area contributed by atoms with E-state index in [1.165, 1.54) is 0 Å². The van der Waals surface area contributed by atoms with Gasteiger partial charge in [0.15, 0.2) is 11.5 Å². The van der Waals surface area contributed by atoms with E-state index in [1.54, 1.807) is 20.4 Å². The van der Waals surface area contributed by atoms with Crippen molar-refractivity contribution < 1.29 is 14.2 Å². The highest BCUT2D eigenvalue weighted by atomic mass is 127. The zero-order chi connectivity index (χ0) is 18.1. The van der Waals surface area contributed by atoms with Crippen LogP contribution in [0.15, 0.2) is 41.5 Å². The predicted octanol–water partition coefficient (Wildman–Crippen LogP) is 4.22. The van der Waals surface area contributed by atoms with Gasteiger partial charge in [0.25, 0.3) is 0 Å². The van der Waals surface area contributed by atoms with Crippen LogP contribution in [0.3, 0.4) is 0 Å². The lowest BCUT2D eigenvalue weighted by Gasteiger charge is -2.12. The molecule has 0 heterocycles. The van der Waals surface area contributed by atoms with E-state index in [0.717, 1.165) is 32.6 Å². The van der Waals surface area contributed by atoms with Crippen molar-refractivity contribution in [2.45, 2.75) is 19.9 Å². The molecule has 0 atom stereocenters. The minimum absolute atomic E-state index is 0.590. The van der Waals surface area contributed by atoms with Gasteiger partial charge in [-0.1, -0.05) is 25.1 Å². The fraction of sp³-hybridized carbons (Fsp3) is 0.316. The molecule has 0 fully saturated rings. The average molecular weight is 454 g/mol. The lowest BCUT2D eigenvalue weighted by atomic mass is 10.2. The van der Waals surface area contributed by atoms with Crippen LogP contribution in [-0.4, -0.2) is 27.0 Å². The molecule has 0 aliphatic carbocycles. The molecule has 2 aromatic rings. The Morgan fingerprint density at radius 1 is 1.12 bits per heavy atom. The molecule has 0 amide bonds. The summed E-state index contributed by atoms with van der Waals surface area (Å²) in [5, 5.41) is 4.29. The van der Waals surface area contributed by atoms with Crippen LogP contribution in [0.25, 0.3) is 0 Å². The van der Waals surface area contributed by atoms with Gasteiger partial charge < -0.3 is 19.6 Å². The molecule has 25 heavy (non-hydrogen) atoms. The number of ether oxygens (including phenoxy) is 3. The molecule has 0 aliphatic heterocycles. The van der Waals surface area contributed by atoms with Crippen LogP contribution < -0.4 is 19.6 Å². The number of para-hydroxylation sites is 1. The Labute approximate surface area is 162 Å². The summed E-state index contributed by atoms with van der Waals surface area (Å²) in [6.45, 7) is 3.33. The summed E-state index contributed by atoms with van der Waals surface area (Å²) in [6.07, 6.45) is 2.72. The van der Waals surface area contributed by atoms with Crippen molar-refractivity contribution >= 4 is 28.8 Å². The van der Waals surface area contributed by atoms with Crippen molar-refractivity contribution in [3.8, 4) is 17.2 Å². The van der Waals surface area contributed by atoms with Gasteiger partial charge in [0.05, 0.1) is 37.2 Å². The number of hydrazone groups is 1. The van der Waals surface area contributed by atoms with Crippen molar-refractivity contribution in [1.29, 1.82) is 0 Å². The van der Waals surface area contributed by atoms with Gasteiger partial charge in [-0.25, -0.2) is 0 Å². The minimum atomic E-state index is 0.590. The van der Waals surface area contributed by atoms with Crippen LogP contribution >= 0.6 is 22.6 Å². The van der Waals surface area contributed by atoms with Crippen molar-refractivity contribution in [2.75, 3.05) is 20.8 Å². The normalized spacial score (nSPS) is 10.7. The first-order chi connectivity index (χ1) is 12.2. The number of nitrogens with zero attached hydrogens (tertiary/aromatic N) is 1. The van der Waals surface area contributed by atoms with Gasteiger partial charge in [-0.2, -0.15) is 5.10 Å². The van der Waals surface area contributed by atoms with E-state index in [1.807, 2.05) is 36.4 Å². The van der Waals surface area contributed by atoms with Gasteiger partial charge in [0.1, 0.15) is 5.75 Å². The number of hydrogen-bond acceptors (Lipinski definition) is 5. The van der Waals surface area contributed by atoms with Gasteiger partial charge in [0.2, 0.25) is 0 Å². The van der Waals surface area contributed by atoms with Crippen LogP contribution in [0, 0.1) is 3.57 Å². The Morgan fingerprint density at radius 2 is 1.88 bits per heavy atom. The molecule has 0 radical (unpaired) electrons. The Bertz CT molecular complexity index is 720. The van der Waals surface area contributed by atoms with E-state index in [0.29, 0.717) is 18.9 Å². The molecule has 0 bridgehead atoms. The monoisotopic (exact) mass is 454 g/mol. The van der Waals surface area contributed by atoms with Gasteiger partial charge in [0, 0.05) is 5.56 Å². The average Bonchev–Trinajstić information content (AvgIpc) is 2.64. The quantitative estimate of drug-likeness (QED) is 0.350. The summed E-state index contributed by atoms with van der Waals surface area (Å²) < 4.78 is 17.5. The first-order valence-electron chi connectivity index (χ1n) is 8.07. The zero-order valence-corrected chi connectivity index (χ0v) is 16.9. The molecule has 6 heteroatoms. The number of benzene rings is 2. The molecule has 1 N–H and O–H groups in total. The maximum atomic E-state index is 5.77. The van der Waals surface area contributed by atoms with Gasteiger partial charge in [-0.3, -0.25) is 0 Å². The van der Waals surface area contributed by atoms with Crippen LogP contribution in [0.1, 0.15) is 24.5 Å². The molecule has 0 spiro atoms. The second-order valence-corrected chi connectivity index (χ2v) is 6.45. The molecule has 2 rings (SSSR count). The highest BCUT2D eigenvalue weighted by Gasteiger charge is 2.10. The van der Waals surface area contributed by atoms with Crippen molar-refractivity contribution in [3.63, 3.8) is 0 Å². The first kappa shape index (κ1) is 19.4. The lowest BCUT2D eigenvalue weighted by Crippen LogP contribution is -2.07. The van der Waals surface area contributed by atoms with E-state index in [4.69, 9.17) is 14.2 Å². The number of halogens is 1. The summed E-state index contributed by atoms with van der Waals surface area (Å²) in [4.78, 5) is 0. The second kappa shape index (κ2) is 10.1. The van der Waals surface area contributed by atoms with E-state index in [9.17, 15) is 0 Å². The maximum absolute atomic E-state index is 5.77. The summed E-state index contributed by atoms with van der Waals surface area (Å²) in [7, 11) is 3.31.